The first-order valence-corrected chi connectivity index (χ1v) is 7.57. The summed E-state index contributed by atoms with van der Waals surface area (Å²) in [5, 5.41) is 11.4. The van der Waals surface area contributed by atoms with Gasteiger partial charge < -0.3 is 10.4 Å². The summed E-state index contributed by atoms with van der Waals surface area (Å²) in [6, 6.07) is -0.0480. The van der Waals surface area contributed by atoms with Gasteiger partial charge in [-0.25, -0.2) is 0 Å². The normalized spacial score (nSPS) is 12.1. The van der Waals surface area contributed by atoms with Crippen molar-refractivity contribution >= 4 is 11.9 Å². The van der Waals surface area contributed by atoms with Crippen molar-refractivity contribution in [2.24, 2.45) is 0 Å². The zero-order chi connectivity index (χ0) is 14.5. The molecular formula is C15H29NO3. The zero-order valence-electron chi connectivity index (χ0n) is 12.4. The van der Waals surface area contributed by atoms with Crippen LogP contribution in [0.25, 0.3) is 0 Å². The van der Waals surface area contributed by atoms with Gasteiger partial charge in [0.1, 0.15) is 0 Å². The SMILES string of the molecule is CCCCCCCCCC(=O)NC(C)CCC(=O)O. The lowest BCUT2D eigenvalue weighted by Gasteiger charge is -2.12. The predicted octanol–water partition coefficient (Wildman–Crippen LogP) is 3.50. The summed E-state index contributed by atoms with van der Waals surface area (Å²) in [4.78, 5) is 22.0. The van der Waals surface area contributed by atoms with Gasteiger partial charge in [0.2, 0.25) is 5.91 Å². The first-order chi connectivity index (χ1) is 9.06. The molecule has 0 aliphatic carbocycles. The van der Waals surface area contributed by atoms with E-state index >= 15 is 0 Å². The number of aliphatic carboxylic acids is 1. The van der Waals surface area contributed by atoms with E-state index in [1.165, 1.54) is 32.1 Å². The van der Waals surface area contributed by atoms with Crippen LogP contribution < -0.4 is 5.32 Å². The van der Waals surface area contributed by atoms with Crippen LogP contribution in [0.3, 0.4) is 0 Å². The number of hydrogen-bond donors (Lipinski definition) is 2. The van der Waals surface area contributed by atoms with Gasteiger partial charge in [-0.15, -0.1) is 0 Å². The maximum Gasteiger partial charge on any atom is 0.303 e. The topological polar surface area (TPSA) is 66.4 Å². The van der Waals surface area contributed by atoms with Crippen LogP contribution in [0.2, 0.25) is 0 Å². The van der Waals surface area contributed by atoms with E-state index in [0.29, 0.717) is 12.8 Å². The van der Waals surface area contributed by atoms with E-state index in [9.17, 15) is 9.59 Å². The number of rotatable bonds is 12. The van der Waals surface area contributed by atoms with Crippen molar-refractivity contribution < 1.29 is 14.7 Å². The highest BCUT2D eigenvalue weighted by molar-refractivity contribution is 5.76. The lowest BCUT2D eigenvalue weighted by atomic mass is 10.1. The molecule has 0 aliphatic rings. The first-order valence-electron chi connectivity index (χ1n) is 7.57. The standard InChI is InChI=1S/C15H29NO3/c1-3-4-5-6-7-8-9-10-14(17)16-13(2)11-12-15(18)19/h13H,3-12H2,1-2H3,(H,16,17)(H,18,19). The summed E-state index contributed by atoms with van der Waals surface area (Å²) in [6.07, 6.45) is 9.56. The summed E-state index contributed by atoms with van der Waals surface area (Å²) >= 11 is 0. The largest absolute Gasteiger partial charge is 0.481 e. The van der Waals surface area contributed by atoms with Gasteiger partial charge in [0.15, 0.2) is 0 Å². The van der Waals surface area contributed by atoms with Crippen LogP contribution in [-0.2, 0) is 9.59 Å². The third-order valence-electron chi connectivity index (χ3n) is 3.21. The van der Waals surface area contributed by atoms with Gasteiger partial charge in [-0.1, -0.05) is 45.4 Å². The molecule has 19 heavy (non-hydrogen) atoms. The Labute approximate surface area is 117 Å². The molecule has 0 aromatic heterocycles. The van der Waals surface area contributed by atoms with Gasteiger partial charge in [-0.05, 0) is 19.8 Å². The number of carbonyl (C=O) groups is 2. The second-order valence-electron chi connectivity index (χ2n) is 5.27. The number of amides is 1. The van der Waals surface area contributed by atoms with E-state index in [2.05, 4.69) is 12.2 Å². The summed E-state index contributed by atoms with van der Waals surface area (Å²) in [6.45, 7) is 4.06. The molecule has 0 rings (SSSR count). The van der Waals surface area contributed by atoms with Crippen LogP contribution in [0.15, 0.2) is 0 Å². The molecule has 0 heterocycles. The van der Waals surface area contributed by atoms with E-state index in [1.54, 1.807) is 0 Å². The Hall–Kier alpha value is -1.06. The van der Waals surface area contributed by atoms with Crippen LogP contribution in [0.5, 0.6) is 0 Å². The average molecular weight is 271 g/mol. The highest BCUT2D eigenvalue weighted by atomic mass is 16.4. The van der Waals surface area contributed by atoms with Crippen molar-refractivity contribution in [3.63, 3.8) is 0 Å². The number of hydrogen-bond acceptors (Lipinski definition) is 2. The third-order valence-corrected chi connectivity index (χ3v) is 3.21. The average Bonchev–Trinajstić information content (AvgIpc) is 2.35. The lowest BCUT2D eigenvalue weighted by molar-refractivity contribution is -0.137. The van der Waals surface area contributed by atoms with Crippen molar-refractivity contribution in [2.75, 3.05) is 0 Å². The monoisotopic (exact) mass is 271 g/mol. The molecule has 0 bridgehead atoms. The molecule has 0 aromatic rings. The van der Waals surface area contributed by atoms with Gasteiger partial charge in [0.05, 0.1) is 0 Å². The molecule has 0 aliphatic heterocycles. The fraction of sp³-hybridized carbons (Fsp3) is 0.867. The molecule has 1 atom stereocenters. The maximum atomic E-state index is 11.6. The molecule has 0 saturated heterocycles. The fourth-order valence-electron chi connectivity index (χ4n) is 2.00. The second-order valence-corrected chi connectivity index (χ2v) is 5.27. The Morgan fingerprint density at radius 3 is 2.16 bits per heavy atom. The van der Waals surface area contributed by atoms with Crippen molar-refractivity contribution in [1.29, 1.82) is 0 Å². The van der Waals surface area contributed by atoms with Gasteiger partial charge in [-0.2, -0.15) is 0 Å². The van der Waals surface area contributed by atoms with Crippen LogP contribution in [0, 0.1) is 0 Å². The second kappa shape index (κ2) is 12.0. The molecule has 4 nitrogen and oxygen atoms in total. The molecule has 0 spiro atoms. The fourth-order valence-corrected chi connectivity index (χ4v) is 2.00. The first kappa shape index (κ1) is 17.9. The number of carbonyl (C=O) groups excluding carboxylic acids is 1. The molecule has 2 N–H and O–H groups in total. The minimum atomic E-state index is -0.812. The summed E-state index contributed by atoms with van der Waals surface area (Å²) < 4.78 is 0. The van der Waals surface area contributed by atoms with Crippen molar-refractivity contribution in [2.45, 2.75) is 84.1 Å². The van der Waals surface area contributed by atoms with Gasteiger partial charge in [0, 0.05) is 18.9 Å². The Morgan fingerprint density at radius 1 is 1.00 bits per heavy atom. The lowest BCUT2D eigenvalue weighted by Crippen LogP contribution is -2.32. The number of nitrogens with one attached hydrogen (secondary N) is 1. The molecule has 0 saturated carbocycles. The Kier molecular flexibility index (Phi) is 11.3. The highest BCUT2D eigenvalue weighted by Gasteiger charge is 2.08. The van der Waals surface area contributed by atoms with Crippen LogP contribution in [-0.4, -0.2) is 23.0 Å². The van der Waals surface area contributed by atoms with Crippen LogP contribution in [0.4, 0.5) is 0 Å². The number of unbranched alkanes of at least 4 members (excludes halogenated alkanes) is 6. The smallest absolute Gasteiger partial charge is 0.303 e. The van der Waals surface area contributed by atoms with E-state index in [4.69, 9.17) is 5.11 Å². The molecule has 112 valence electrons. The minimum Gasteiger partial charge on any atom is -0.481 e. The quantitative estimate of drug-likeness (QED) is 0.534. The van der Waals surface area contributed by atoms with E-state index in [1.807, 2.05) is 6.92 Å². The molecule has 0 aromatic carbocycles. The predicted molar refractivity (Wildman–Crippen MR) is 77.1 cm³/mol. The highest BCUT2D eigenvalue weighted by Crippen LogP contribution is 2.08. The van der Waals surface area contributed by atoms with E-state index in [-0.39, 0.29) is 18.4 Å². The van der Waals surface area contributed by atoms with Gasteiger partial charge in [0.25, 0.3) is 0 Å². The Bertz CT molecular complexity index is 254. The van der Waals surface area contributed by atoms with Crippen LogP contribution >= 0.6 is 0 Å². The van der Waals surface area contributed by atoms with E-state index < -0.39 is 5.97 Å². The molecule has 0 fully saturated rings. The minimum absolute atomic E-state index is 0.0476. The Balaban J connectivity index is 3.40. The molecule has 4 heteroatoms. The summed E-state index contributed by atoms with van der Waals surface area (Å²) in [5.41, 5.74) is 0. The molecule has 0 radical (unpaired) electrons. The number of carboxylic acids is 1. The van der Waals surface area contributed by atoms with Crippen molar-refractivity contribution in [3.8, 4) is 0 Å². The third kappa shape index (κ3) is 13.2. The van der Waals surface area contributed by atoms with Crippen molar-refractivity contribution in [1.82, 2.24) is 5.32 Å². The molecule has 1 amide bonds. The molecule has 1 unspecified atom stereocenters. The van der Waals surface area contributed by atoms with Gasteiger partial charge >= 0.3 is 5.97 Å². The Morgan fingerprint density at radius 2 is 1.58 bits per heavy atom. The summed E-state index contributed by atoms with van der Waals surface area (Å²) in [7, 11) is 0. The van der Waals surface area contributed by atoms with Crippen molar-refractivity contribution in [3.05, 3.63) is 0 Å². The zero-order valence-corrected chi connectivity index (χ0v) is 12.4. The van der Waals surface area contributed by atoms with E-state index in [0.717, 1.165) is 12.8 Å². The van der Waals surface area contributed by atoms with Crippen LogP contribution in [0.1, 0.15) is 78.1 Å². The van der Waals surface area contributed by atoms with Gasteiger partial charge in [-0.3, -0.25) is 9.59 Å². The molecular weight excluding hydrogens is 242 g/mol. The summed E-state index contributed by atoms with van der Waals surface area (Å²) in [5.74, 6) is -0.764. The number of carboxylic acid groups (broad SMARTS) is 1. The maximum absolute atomic E-state index is 11.6.